The minimum absolute atomic E-state index is 0.212. The number of nitrogens with zero attached hydrogens (tertiary/aromatic N) is 1. The normalized spacial score (nSPS) is 22.8. The molecule has 7 heteroatoms. The molecule has 2 aliphatic rings. The lowest BCUT2D eigenvalue weighted by Gasteiger charge is -2.22. The van der Waals surface area contributed by atoms with Gasteiger partial charge in [0.25, 0.3) is 11.5 Å². The molecule has 2 amide bonds. The molecule has 1 atom stereocenters. The summed E-state index contributed by atoms with van der Waals surface area (Å²) in [5.74, 6) is -0.204. The summed E-state index contributed by atoms with van der Waals surface area (Å²) in [4.78, 5) is 35.9. The Morgan fingerprint density at radius 3 is 2.58 bits per heavy atom. The third kappa shape index (κ3) is 2.54. The highest BCUT2D eigenvalue weighted by atomic mass is 16.2. The summed E-state index contributed by atoms with van der Waals surface area (Å²) in [6.07, 6.45) is 2.77. The molecule has 0 spiro atoms. The van der Waals surface area contributed by atoms with E-state index in [1.165, 1.54) is 10.2 Å². The van der Waals surface area contributed by atoms with E-state index in [4.69, 9.17) is 0 Å². The number of aromatic amines is 1. The van der Waals surface area contributed by atoms with Gasteiger partial charge in [0.05, 0.1) is 10.9 Å². The third-order valence-corrected chi connectivity index (χ3v) is 5.07. The number of hydrogen-bond acceptors (Lipinski definition) is 4. The number of imide groups is 1. The Kier molecular flexibility index (Phi) is 3.72. The summed E-state index contributed by atoms with van der Waals surface area (Å²) in [5, 5.41) is 9.31. The van der Waals surface area contributed by atoms with Gasteiger partial charge in [-0.05, 0) is 56.0 Å². The van der Waals surface area contributed by atoms with Crippen LogP contribution in [0.25, 0.3) is 10.9 Å². The lowest BCUT2D eigenvalue weighted by molar-refractivity contribution is -0.136. The van der Waals surface area contributed by atoms with Crippen molar-refractivity contribution >= 4 is 22.7 Å². The van der Waals surface area contributed by atoms with Crippen molar-refractivity contribution in [1.29, 1.82) is 0 Å². The van der Waals surface area contributed by atoms with Gasteiger partial charge in [-0.3, -0.25) is 24.8 Å². The first-order valence-electron chi connectivity index (χ1n) is 8.42. The SMILES string of the molecule is O=C1CCC(n2[nH]c3cc(C4CCNCC4)ccc3c2=O)C(=O)N1. The smallest absolute Gasteiger partial charge is 0.275 e. The predicted octanol–water partition coefficient (Wildman–Crippen LogP) is 0.774. The summed E-state index contributed by atoms with van der Waals surface area (Å²) in [5.41, 5.74) is 1.76. The van der Waals surface area contributed by atoms with E-state index >= 15 is 0 Å². The number of benzene rings is 1. The molecule has 3 N–H and O–H groups in total. The molecule has 0 bridgehead atoms. The van der Waals surface area contributed by atoms with Crippen LogP contribution in [-0.2, 0) is 9.59 Å². The maximum atomic E-state index is 12.6. The molecule has 24 heavy (non-hydrogen) atoms. The topological polar surface area (TPSA) is 96.0 Å². The Bertz CT molecular complexity index is 860. The minimum Gasteiger partial charge on any atom is -0.317 e. The number of fused-ring (bicyclic) bond motifs is 1. The van der Waals surface area contributed by atoms with Crippen molar-refractivity contribution in [2.45, 2.75) is 37.6 Å². The number of aromatic nitrogens is 2. The largest absolute Gasteiger partial charge is 0.317 e. The van der Waals surface area contributed by atoms with Gasteiger partial charge in [0.2, 0.25) is 5.91 Å². The van der Waals surface area contributed by atoms with Crippen LogP contribution in [-0.4, -0.2) is 34.7 Å². The molecule has 7 nitrogen and oxygen atoms in total. The first-order valence-corrected chi connectivity index (χ1v) is 8.42. The van der Waals surface area contributed by atoms with Crippen LogP contribution in [0.1, 0.15) is 43.2 Å². The molecule has 0 radical (unpaired) electrons. The highest BCUT2D eigenvalue weighted by Gasteiger charge is 2.30. The van der Waals surface area contributed by atoms with Gasteiger partial charge in [0.15, 0.2) is 0 Å². The summed E-state index contributed by atoms with van der Waals surface area (Å²) >= 11 is 0. The molecule has 0 saturated carbocycles. The Balaban J connectivity index is 1.70. The Labute approximate surface area is 138 Å². The molecular weight excluding hydrogens is 308 g/mol. The van der Waals surface area contributed by atoms with Crippen molar-refractivity contribution < 1.29 is 9.59 Å². The molecular formula is C17H20N4O3. The lowest BCUT2D eigenvalue weighted by Crippen LogP contribution is -2.44. The van der Waals surface area contributed by atoms with Crippen molar-refractivity contribution in [3.8, 4) is 0 Å². The van der Waals surface area contributed by atoms with Gasteiger partial charge in [-0.1, -0.05) is 6.07 Å². The van der Waals surface area contributed by atoms with Crippen molar-refractivity contribution in [3.63, 3.8) is 0 Å². The average Bonchev–Trinajstić information content (AvgIpc) is 2.92. The number of rotatable bonds is 2. The van der Waals surface area contributed by atoms with E-state index in [9.17, 15) is 14.4 Å². The maximum Gasteiger partial charge on any atom is 0.275 e. The van der Waals surface area contributed by atoms with Crippen LogP contribution in [0.4, 0.5) is 0 Å². The fourth-order valence-corrected chi connectivity index (χ4v) is 3.71. The van der Waals surface area contributed by atoms with Gasteiger partial charge in [0, 0.05) is 6.42 Å². The molecule has 2 saturated heterocycles. The fraction of sp³-hybridized carbons (Fsp3) is 0.471. The Morgan fingerprint density at radius 2 is 1.83 bits per heavy atom. The summed E-state index contributed by atoms with van der Waals surface area (Å²) < 4.78 is 1.36. The predicted molar refractivity (Wildman–Crippen MR) is 88.8 cm³/mol. The molecule has 4 rings (SSSR count). The second-order valence-electron chi connectivity index (χ2n) is 6.58. The number of hydrogen-bond donors (Lipinski definition) is 3. The maximum absolute atomic E-state index is 12.6. The number of amides is 2. The fourth-order valence-electron chi connectivity index (χ4n) is 3.71. The molecule has 2 fully saturated rings. The second-order valence-corrected chi connectivity index (χ2v) is 6.58. The van der Waals surface area contributed by atoms with Crippen LogP contribution in [0.3, 0.4) is 0 Å². The van der Waals surface area contributed by atoms with E-state index in [2.05, 4.69) is 15.7 Å². The zero-order valence-corrected chi connectivity index (χ0v) is 13.3. The molecule has 126 valence electrons. The molecule has 1 aromatic heterocycles. The van der Waals surface area contributed by atoms with Crippen molar-refractivity contribution in [3.05, 3.63) is 34.1 Å². The first kappa shape index (κ1) is 15.1. The summed E-state index contributed by atoms with van der Waals surface area (Å²) in [6.45, 7) is 2.02. The van der Waals surface area contributed by atoms with E-state index in [1.807, 2.05) is 18.2 Å². The number of H-pyrrole nitrogens is 1. The van der Waals surface area contributed by atoms with Crippen LogP contribution in [0.2, 0.25) is 0 Å². The van der Waals surface area contributed by atoms with Crippen LogP contribution >= 0.6 is 0 Å². The Morgan fingerprint density at radius 1 is 1.04 bits per heavy atom. The Hall–Kier alpha value is -2.41. The molecule has 1 aromatic carbocycles. The zero-order chi connectivity index (χ0) is 16.7. The van der Waals surface area contributed by atoms with E-state index < -0.39 is 11.9 Å². The summed E-state index contributed by atoms with van der Waals surface area (Å²) in [6, 6.07) is 5.23. The summed E-state index contributed by atoms with van der Waals surface area (Å²) in [7, 11) is 0. The quantitative estimate of drug-likeness (QED) is 0.710. The van der Waals surface area contributed by atoms with E-state index in [0.29, 0.717) is 17.7 Å². The molecule has 0 aliphatic carbocycles. The van der Waals surface area contributed by atoms with Gasteiger partial charge in [0.1, 0.15) is 6.04 Å². The second kappa shape index (κ2) is 5.90. The standard InChI is InChI=1S/C17H20N4O3/c22-15-4-3-14(16(23)19-15)21-17(24)12-2-1-11(9-13(12)20-21)10-5-7-18-8-6-10/h1-2,9-10,14,18,20H,3-8H2,(H,19,22,23). The lowest BCUT2D eigenvalue weighted by atomic mass is 9.90. The first-order chi connectivity index (χ1) is 11.6. The molecule has 2 aliphatic heterocycles. The van der Waals surface area contributed by atoms with Crippen molar-refractivity contribution in [2.24, 2.45) is 0 Å². The third-order valence-electron chi connectivity index (χ3n) is 5.07. The minimum atomic E-state index is -0.648. The van der Waals surface area contributed by atoms with Crippen LogP contribution in [0.15, 0.2) is 23.0 Å². The van der Waals surface area contributed by atoms with E-state index in [0.717, 1.165) is 31.4 Å². The molecule has 2 aromatic rings. The van der Waals surface area contributed by atoms with Gasteiger partial charge < -0.3 is 5.32 Å². The van der Waals surface area contributed by atoms with Gasteiger partial charge >= 0.3 is 0 Å². The van der Waals surface area contributed by atoms with Gasteiger partial charge in [-0.25, -0.2) is 4.68 Å². The monoisotopic (exact) mass is 328 g/mol. The van der Waals surface area contributed by atoms with Crippen LogP contribution < -0.4 is 16.2 Å². The van der Waals surface area contributed by atoms with Crippen LogP contribution in [0.5, 0.6) is 0 Å². The van der Waals surface area contributed by atoms with Crippen LogP contribution in [0, 0.1) is 0 Å². The zero-order valence-electron chi connectivity index (χ0n) is 13.3. The average molecular weight is 328 g/mol. The number of carbonyl (C=O) groups excluding carboxylic acids is 2. The highest BCUT2D eigenvalue weighted by molar-refractivity contribution is 5.99. The number of carbonyl (C=O) groups is 2. The number of nitrogens with one attached hydrogen (secondary N) is 3. The molecule has 3 heterocycles. The van der Waals surface area contributed by atoms with Crippen molar-refractivity contribution in [1.82, 2.24) is 20.4 Å². The molecule has 1 unspecified atom stereocenters. The van der Waals surface area contributed by atoms with Crippen molar-refractivity contribution in [2.75, 3.05) is 13.1 Å². The number of piperidine rings is 2. The van der Waals surface area contributed by atoms with E-state index in [1.54, 1.807) is 0 Å². The highest BCUT2D eigenvalue weighted by Crippen LogP contribution is 2.27. The van der Waals surface area contributed by atoms with Gasteiger partial charge in [-0.2, -0.15) is 0 Å². The van der Waals surface area contributed by atoms with E-state index in [-0.39, 0.29) is 17.9 Å². The van der Waals surface area contributed by atoms with Gasteiger partial charge in [-0.15, -0.1) is 0 Å².